The molecule has 1 rings (SSSR count). The lowest BCUT2D eigenvalue weighted by Gasteiger charge is -2.21. The first-order valence-electron chi connectivity index (χ1n) is 6.89. The second-order valence-corrected chi connectivity index (χ2v) is 4.88. The third kappa shape index (κ3) is 4.06. The number of hydrogen-bond donors (Lipinski definition) is 1. The van der Waals surface area contributed by atoms with E-state index in [2.05, 4.69) is 5.10 Å². The number of amides is 1. The second kappa shape index (κ2) is 7.28. The Balaban J connectivity index is 2.62. The number of aliphatic hydroxyl groups is 1. The molecule has 0 spiro atoms. The van der Waals surface area contributed by atoms with Crippen molar-refractivity contribution in [3.63, 3.8) is 0 Å². The lowest BCUT2D eigenvalue weighted by atomic mass is 10.1. The highest BCUT2D eigenvalue weighted by Crippen LogP contribution is 2.14. The van der Waals surface area contributed by atoms with Crippen LogP contribution in [0, 0.1) is 13.8 Å². The topological polar surface area (TPSA) is 58.4 Å². The number of hydrogen-bond acceptors (Lipinski definition) is 3. The van der Waals surface area contributed by atoms with Crippen molar-refractivity contribution in [2.75, 3.05) is 19.7 Å². The van der Waals surface area contributed by atoms with E-state index in [1.54, 1.807) is 4.90 Å². The molecule has 19 heavy (non-hydrogen) atoms. The zero-order valence-electron chi connectivity index (χ0n) is 12.4. The molecule has 5 nitrogen and oxygen atoms in total. The van der Waals surface area contributed by atoms with Gasteiger partial charge >= 0.3 is 0 Å². The molecule has 1 amide bonds. The Morgan fingerprint density at radius 1 is 1.37 bits per heavy atom. The number of aromatic nitrogens is 2. The second-order valence-electron chi connectivity index (χ2n) is 4.88. The van der Waals surface area contributed by atoms with Crippen LogP contribution in [0.1, 0.15) is 36.7 Å². The van der Waals surface area contributed by atoms with Gasteiger partial charge in [0.05, 0.1) is 12.3 Å². The Labute approximate surface area is 115 Å². The molecule has 0 unspecified atom stereocenters. The number of nitrogens with zero attached hydrogens (tertiary/aromatic N) is 3. The highest BCUT2D eigenvalue weighted by Gasteiger charge is 2.15. The van der Waals surface area contributed by atoms with Crippen molar-refractivity contribution in [1.82, 2.24) is 14.7 Å². The molecule has 0 atom stereocenters. The van der Waals surface area contributed by atoms with Gasteiger partial charge in [0.1, 0.15) is 0 Å². The van der Waals surface area contributed by atoms with E-state index in [1.807, 2.05) is 32.5 Å². The van der Waals surface area contributed by atoms with Crippen molar-refractivity contribution in [2.24, 2.45) is 7.05 Å². The minimum atomic E-state index is 0.0245. The van der Waals surface area contributed by atoms with E-state index >= 15 is 0 Å². The minimum Gasteiger partial charge on any atom is -0.395 e. The van der Waals surface area contributed by atoms with Crippen molar-refractivity contribution in [3.8, 4) is 0 Å². The fraction of sp³-hybridized carbons (Fsp3) is 0.714. The van der Waals surface area contributed by atoms with Crippen LogP contribution in [-0.4, -0.2) is 45.4 Å². The van der Waals surface area contributed by atoms with Crippen LogP contribution in [0.25, 0.3) is 0 Å². The highest BCUT2D eigenvalue weighted by atomic mass is 16.3. The van der Waals surface area contributed by atoms with Crippen LogP contribution < -0.4 is 0 Å². The molecule has 5 heteroatoms. The maximum atomic E-state index is 12.1. The fourth-order valence-corrected chi connectivity index (χ4v) is 2.32. The number of carbonyl (C=O) groups is 1. The van der Waals surface area contributed by atoms with Gasteiger partial charge < -0.3 is 10.0 Å². The molecule has 0 aliphatic carbocycles. The summed E-state index contributed by atoms with van der Waals surface area (Å²) in [6, 6.07) is 0. The van der Waals surface area contributed by atoms with E-state index in [-0.39, 0.29) is 12.5 Å². The van der Waals surface area contributed by atoms with Crippen molar-refractivity contribution in [2.45, 2.75) is 40.0 Å². The van der Waals surface area contributed by atoms with E-state index in [9.17, 15) is 4.79 Å². The first-order chi connectivity index (χ1) is 9.01. The Kier molecular flexibility index (Phi) is 6.02. The quantitative estimate of drug-likeness (QED) is 0.807. The number of aryl methyl sites for hydroxylation is 2. The molecule has 0 aliphatic heterocycles. The van der Waals surface area contributed by atoms with Crippen LogP contribution in [0.3, 0.4) is 0 Å². The average molecular weight is 267 g/mol. The maximum Gasteiger partial charge on any atom is 0.222 e. The molecular formula is C14H25N3O2. The van der Waals surface area contributed by atoms with Gasteiger partial charge in [-0.3, -0.25) is 9.48 Å². The summed E-state index contributed by atoms with van der Waals surface area (Å²) in [5.74, 6) is 0.110. The van der Waals surface area contributed by atoms with Crippen molar-refractivity contribution >= 4 is 5.91 Å². The van der Waals surface area contributed by atoms with Gasteiger partial charge in [-0.15, -0.1) is 0 Å². The average Bonchev–Trinajstić information content (AvgIpc) is 2.61. The summed E-state index contributed by atoms with van der Waals surface area (Å²) in [4.78, 5) is 13.9. The van der Waals surface area contributed by atoms with Gasteiger partial charge in [-0.25, -0.2) is 0 Å². The van der Waals surface area contributed by atoms with Crippen molar-refractivity contribution in [1.29, 1.82) is 0 Å². The molecule has 0 aliphatic rings. The first-order valence-corrected chi connectivity index (χ1v) is 6.89. The summed E-state index contributed by atoms with van der Waals surface area (Å²) in [5, 5.41) is 13.3. The van der Waals surface area contributed by atoms with E-state index < -0.39 is 0 Å². The highest BCUT2D eigenvalue weighted by molar-refractivity contribution is 5.76. The van der Waals surface area contributed by atoms with Crippen molar-refractivity contribution in [3.05, 3.63) is 17.0 Å². The van der Waals surface area contributed by atoms with Crippen molar-refractivity contribution < 1.29 is 9.90 Å². The minimum absolute atomic E-state index is 0.0245. The lowest BCUT2D eigenvalue weighted by Crippen LogP contribution is -2.34. The van der Waals surface area contributed by atoms with Gasteiger partial charge in [0.25, 0.3) is 0 Å². The van der Waals surface area contributed by atoms with Crippen LogP contribution in [0.15, 0.2) is 0 Å². The van der Waals surface area contributed by atoms with E-state index in [0.717, 1.165) is 29.8 Å². The van der Waals surface area contributed by atoms with Crippen LogP contribution in [0.2, 0.25) is 0 Å². The first kappa shape index (κ1) is 15.7. The SMILES string of the molecule is CCCN(CCO)C(=O)CCc1c(C)nn(C)c1C. The Morgan fingerprint density at radius 2 is 2.05 bits per heavy atom. The lowest BCUT2D eigenvalue weighted by molar-refractivity contribution is -0.131. The van der Waals surface area contributed by atoms with Crippen LogP contribution in [0.4, 0.5) is 0 Å². The predicted molar refractivity (Wildman–Crippen MR) is 75.0 cm³/mol. The summed E-state index contributed by atoms with van der Waals surface area (Å²) >= 11 is 0. The molecule has 0 fully saturated rings. The van der Waals surface area contributed by atoms with Gasteiger partial charge in [-0.05, 0) is 32.3 Å². The van der Waals surface area contributed by atoms with Gasteiger partial charge in [0.2, 0.25) is 5.91 Å². The fourth-order valence-electron chi connectivity index (χ4n) is 2.32. The van der Waals surface area contributed by atoms with Crippen LogP contribution >= 0.6 is 0 Å². The van der Waals surface area contributed by atoms with Crippen LogP contribution in [0.5, 0.6) is 0 Å². The third-order valence-corrected chi connectivity index (χ3v) is 3.46. The van der Waals surface area contributed by atoms with Gasteiger partial charge in [0, 0.05) is 32.3 Å². The summed E-state index contributed by atoms with van der Waals surface area (Å²) < 4.78 is 1.85. The standard InChI is InChI=1S/C14H25N3O2/c1-5-8-17(9-10-18)14(19)7-6-13-11(2)15-16(4)12(13)3/h18H,5-10H2,1-4H3. The molecular weight excluding hydrogens is 242 g/mol. The van der Waals surface area contributed by atoms with Gasteiger partial charge in [0.15, 0.2) is 0 Å². The summed E-state index contributed by atoms with van der Waals surface area (Å²) in [7, 11) is 1.92. The summed E-state index contributed by atoms with van der Waals surface area (Å²) in [6.45, 7) is 7.20. The molecule has 1 N–H and O–H groups in total. The number of aliphatic hydroxyl groups excluding tert-OH is 1. The van der Waals surface area contributed by atoms with Crippen LogP contribution in [-0.2, 0) is 18.3 Å². The molecule has 0 saturated heterocycles. The molecule has 1 heterocycles. The van der Waals surface area contributed by atoms with E-state index in [4.69, 9.17) is 5.11 Å². The maximum absolute atomic E-state index is 12.1. The Morgan fingerprint density at radius 3 is 2.53 bits per heavy atom. The molecule has 108 valence electrons. The zero-order valence-corrected chi connectivity index (χ0v) is 12.4. The summed E-state index contributed by atoms with van der Waals surface area (Å²) in [6.07, 6.45) is 2.11. The van der Waals surface area contributed by atoms with Gasteiger partial charge in [-0.2, -0.15) is 5.10 Å². The Hall–Kier alpha value is -1.36. The largest absolute Gasteiger partial charge is 0.395 e. The smallest absolute Gasteiger partial charge is 0.222 e. The summed E-state index contributed by atoms with van der Waals surface area (Å²) in [5.41, 5.74) is 3.28. The molecule has 1 aromatic heterocycles. The van der Waals surface area contributed by atoms with Gasteiger partial charge in [-0.1, -0.05) is 6.92 Å². The normalized spacial score (nSPS) is 10.8. The monoisotopic (exact) mass is 267 g/mol. The number of rotatable bonds is 7. The number of carbonyl (C=O) groups excluding carboxylic acids is 1. The third-order valence-electron chi connectivity index (χ3n) is 3.46. The molecule has 0 aromatic carbocycles. The molecule has 0 radical (unpaired) electrons. The molecule has 0 bridgehead atoms. The van der Waals surface area contributed by atoms with E-state index in [0.29, 0.717) is 19.5 Å². The Bertz CT molecular complexity index is 421. The zero-order chi connectivity index (χ0) is 14.4. The molecule has 1 aromatic rings. The molecule has 0 saturated carbocycles. The van der Waals surface area contributed by atoms with E-state index in [1.165, 1.54) is 0 Å². The predicted octanol–water partition coefficient (Wildman–Crippen LogP) is 1.20.